The van der Waals surface area contributed by atoms with Gasteiger partial charge >= 0.3 is 0 Å². The zero-order valence-electron chi connectivity index (χ0n) is 19.8. The van der Waals surface area contributed by atoms with E-state index in [1.54, 1.807) is 37.2 Å². The lowest BCUT2D eigenvalue weighted by molar-refractivity contribution is -0.129. The smallest absolute Gasteiger partial charge is 0.268 e. The van der Waals surface area contributed by atoms with Crippen molar-refractivity contribution in [1.82, 2.24) is 14.8 Å². The monoisotopic (exact) mass is 507 g/mol. The maximum Gasteiger partial charge on any atom is 0.268 e. The van der Waals surface area contributed by atoms with E-state index in [1.807, 2.05) is 24.3 Å². The Morgan fingerprint density at radius 1 is 1.22 bits per heavy atom. The number of carbonyl (C=O) groups is 3. The van der Waals surface area contributed by atoms with Gasteiger partial charge in [0.25, 0.3) is 11.8 Å². The summed E-state index contributed by atoms with van der Waals surface area (Å²) in [5, 5.41) is 14.6. The minimum absolute atomic E-state index is 0.0228. The van der Waals surface area contributed by atoms with Gasteiger partial charge in [-0.3, -0.25) is 14.4 Å². The van der Waals surface area contributed by atoms with Crippen molar-refractivity contribution in [3.63, 3.8) is 0 Å². The van der Waals surface area contributed by atoms with E-state index in [2.05, 4.69) is 10.3 Å². The minimum Gasteiger partial charge on any atom is -0.493 e. The van der Waals surface area contributed by atoms with Crippen LogP contribution in [-0.4, -0.2) is 70.9 Å². The van der Waals surface area contributed by atoms with E-state index in [4.69, 9.17) is 4.74 Å². The fourth-order valence-corrected chi connectivity index (χ4v) is 4.79. The first-order chi connectivity index (χ1) is 17.3. The third-order valence-electron chi connectivity index (χ3n) is 6.14. The summed E-state index contributed by atoms with van der Waals surface area (Å²) in [4.78, 5) is 46.6. The Labute approximate surface area is 211 Å². The van der Waals surface area contributed by atoms with Crippen molar-refractivity contribution in [2.24, 2.45) is 0 Å². The first-order valence-corrected chi connectivity index (χ1v) is 12.3. The van der Waals surface area contributed by atoms with Crippen molar-refractivity contribution in [2.75, 3.05) is 37.4 Å². The third-order valence-corrected chi connectivity index (χ3v) is 6.89. The van der Waals surface area contributed by atoms with Gasteiger partial charge in [0, 0.05) is 50.5 Å². The third kappa shape index (κ3) is 4.69. The summed E-state index contributed by atoms with van der Waals surface area (Å²) in [6.45, 7) is 0.879. The molecular weight excluding hydrogens is 482 g/mol. The number of likely N-dealkylation sites (N-methyl/N-ethyl adjacent to an activating group) is 1. The molecule has 0 spiro atoms. The zero-order valence-corrected chi connectivity index (χ0v) is 20.6. The van der Waals surface area contributed by atoms with Crippen LogP contribution in [0.15, 0.2) is 47.8 Å². The number of aromatic nitrogens is 1. The molecule has 2 aliphatic rings. The number of ether oxygens (including phenoxy) is 1. The highest BCUT2D eigenvalue weighted by Crippen LogP contribution is 2.31. The highest BCUT2D eigenvalue weighted by molar-refractivity contribution is 7.13. The minimum atomic E-state index is -0.627. The van der Waals surface area contributed by atoms with Crippen LogP contribution in [0.3, 0.4) is 0 Å². The largest absolute Gasteiger partial charge is 0.493 e. The normalized spacial score (nSPS) is 16.9. The van der Waals surface area contributed by atoms with Gasteiger partial charge in [0.05, 0.1) is 5.38 Å². The molecule has 0 bridgehead atoms. The molecule has 0 radical (unpaired) electrons. The van der Waals surface area contributed by atoms with Crippen molar-refractivity contribution in [3.05, 3.63) is 59.0 Å². The average molecular weight is 508 g/mol. The lowest BCUT2D eigenvalue weighted by Gasteiger charge is -2.18. The van der Waals surface area contributed by atoms with Crippen LogP contribution in [0.4, 0.5) is 16.5 Å². The fraction of sp³-hybridized carbons (Fsp3) is 0.280. The van der Waals surface area contributed by atoms with E-state index in [0.29, 0.717) is 41.6 Å². The van der Waals surface area contributed by atoms with Gasteiger partial charge in [-0.2, -0.15) is 4.98 Å². The molecule has 3 aromatic rings. The number of benzene rings is 2. The van der Waals surface area contributed by atoms with Crippen molar-refractivity contribution in [2.45, 2.75) is 19.1 Å². The Balaban J connectivity index is 1.22. The number of nitrogens with one attached hydrogen (secondary N) is 1. The molecular formula is C25H25N5O5S. The Bertz CT molecular complexity index is 1320. The van der Waals surface area contributed by atoms with Gasteiger partial charge in [0.2, 0.25) is 11.8 Å². The molecule has 3 amide bonds. The molecule has 2 aliphatic heterocycles. The molecule has 1 unspecified atom stereocenters. The lowest BCUT2D eigenvalue weighted by atomic mass is 10.1. The molecule has 3 heterocycles. The molecule has 11 heteroatoms. The topological polar surface area (TPSA) is 115 Å². The Morgan fingerprint density at radius 2 is 2.00 bits per heavy atom. The van der Waals surface area contributed by atoms with E-state index in [0.717, 1.165) is 11.3 Å². The van der Waals surface area contributed by atoms with Crippen molar-refractivity contribution < 1.29 is 24.2 Å². The van der Waals surface area contributed by atoms with E-state index < -0.39 is 6.10 Å². The second kappa shape index (κ2) is 9.50. The van der Waals surface area contributed by atoms with Crippen LogP contribution in [0.1, 0.15) is 22.3 Å². The predicted molar refractivity (Wildman–Crippen MR) is 135 cm³/mol. The summed E-state index contributed by atoms with van der Waals surface area (Å²) in [5.74, 6) is 0.0189. The van der Waals surface area contributed by atoms with E-state index in [-0.39, 0.29) is 30.1 Å². The van der Waals surface area contributed by atoms with Crippen LogP contribution in [0.5, 0.6) is 11.6 Å². The number of anilines is 3. The maximum absolute atomic E-state index is 13.1. The lowest BCUT2D eigenvalue weighted by Crippen LogP contribution is -2.36. The molecule has 1 saturated heterocycles. The first kappa shape index (κ1) is 23.6. The molecule has 1 aromatic heterocycles. The number of hydrogen-bond donors (Lipinski definition) is 2. The molecule has 0 aliphatic carbocycles. The predicted octanol–water partition coefficient (Wildman–Crippen LogP) is 2.82. The Kier molecular flexibility index (Phi) is 6.23. The van der Waals surface area contributed by atoms with Crippen LogP contribution < -0.4 is 15.0 Å². The van der Waals surface area contributed by atoms with Crippen molar-refractivity contribution in [1.29, 1.82) is 0 Å². The summed E-state index contributed by atoms with van der Waals surface area (Å²) in [7, 11) is 3.32. The molecule has 2 aromatic carbocycles. The molecule has 36 heavy (non-hydrogen) atoms. The molecule has 1 atom stereocenters. The second-order valence-electron chi connectivity index (χ2n) is 8.84. The van der Waals surface area contributed by atoms with Gasteiger partial charge in [-0.25, -0.2) is 0 Å². The molecule has 10 nitrogen and oxygen atoms in total. The van der Waals surface area contributed by atoms with Gasteiger partial charge in [-0.15, -0.1) is 11.3 Å². The summed E-state index contributed by atoms with van der Waals surface area (Å²) >= 11 is 1.29. The number of nitrogens with zero attached hydrogens (tertiary/aromatic N) is 4. The number of carbonyl (C=O) groups excluding carboxylic acids is 3. The number of rotatable bonds is 7. The van der Waals surface area contributed by atoms with Crippen LogP contribution in [0.25, 0.3) is 0 Å². The molecule has 1 fully saturated rings. The Morgan fingerprint density at radius 3 is 2.69 bits per heavy atom. The SMILES string of the molecule is CN(C)C(=O)CN1Cc2ccc(N3CCC(Oc4ccc(Nc5nc(O)cs5)cc4)C3=O)cc2C1=O. The number of thiazole rings is 1. The van der Waals surface area contributed by atoms with Crippen LogP contribution >= 0.6 is 11.3 Å². The Hall–Kier alpha value is -4.12. The molecule has 5 rings (SSSR count). The summed E-state index contributed by atoms with van der Waals surface area (Å²) in [6, 6.07) is 12.6. The van der Waals surface area contributed by atoms with Crippen molar-refractivity contribution >= 4 is 45.6 Å². The highest BCUT2D eigenvalue weighted by Gasteiger charge is 2.36. The number of amides is 3. The maximum atomic E-state index is 13.1. The summed E-state index contributed by atoms with van der Waals surface area (Å²) in [6.07, 6.45) is -0.107. The van der Waals surface area contributed by atoms with Gasteiger partial charge in [-0.05, 0) is 42.0 Å². The van der Waals surface area contributed by atoms with E-state index >= 15 is 0 Å². The van der Waals surface area contributed by atoms with Crippen LogP contribution in [0, 0.1) is 0 Å². The molecule has 2 N–H and O–H groups in total. The summed E-state index contributed by atoms with van der Waals surface area (Å²) in [5.41, 5.74) is 2.79. The summed E-state index contributed by atoms with van der Waals surface area (Å²) < 4.78 is 5.96. The van der Waals surface area contributed by atoms with E-state index in [1.165, 1.54) is 26.5 Å². The number of aromatic hydroxyl groups is 1. The van der Waals surface area contributed by atoms with Gasteiger partial charge in [0.1, 0.15) is 12.3 Å². The van der Waals surface area contributed by atoms with E-state index in [9.17, 15) is 19.5 Å². The highest BCUT2D eigenvalue weighted by atomic mass is 32.1. The fourth-order valence-electron chi connectivity index (χ4n) is 4.20. The molecule has 0 saturated carbocycles. The second-order valence-corrected chi connectivity index (χ2v) is 9.69. The molecule has 186 valence electrons. The van der Waals surface area contributed by atoms with Gasteiger partial charge in [-0.1, -0.05) is 6.07 Å². The zero-order chi connectivity index (χ0) is 25.4. The average Bonchev–Trinajstić information content (AvgIpc) is 3.52. The van der Waals surface area contributed by atoms with Crippen LogP contribution in [0.2, 0.25) is 0 Å². The van der Waals surface area contributed by atoms with Gasteiger partial charge < -0.3 is 29.9 Å². The number of fused-ring (bicyclic) bond motifs is 1. The standard InChI is InChI=1S/C25H25N5O5S/c1-28(2)22(32)13-29-12-15-3-6-17(11-19(15)23(29)33)30-10-9-20(24(30)34)35-18-7-4-16(5-8-18)26-25-27-21(31)14-36-25/h3-8,11,14,20,31H,9-10,12-13H2,1-2H3,(H,26,27). The van der Waals surface area contributed by atoms with Crippen molar-refractivity contribution in [3.8, 4) is 11.6 Å². The number of hydrogen-bond acceptors (Lipinski definition) is 8. The van der Waals surface area contributed by atoms with Gasteiger partial charge in [0.15, 0.2) is 11.2 Å². The quantitative estimate of drug-likeness (QED) is 0.505. The van der Waals surface area contributed by atoms with Crippen LogP contribution in [-0.2, 0) is 16.1 Å². The first-order valence-electron chi connectivity index (χ1n) is 11.4.